The molecule has 0 spiro atoms. The monoisotopic (exact) mass is 354 g/mol. The van der Waals surface area contributed by atoms with E-state index >= 15 is 0 Å². The predicted octanol–water partition coefficient (Wildman–Crippen LogP) is 4.00. The molecule has 3 aromatic rings. The molecule has 6 nitrogen and oxygen atoms in total. The van der Waals surface area contributed by atoms with Gasteiger partial charge in [-0.2, -0.15) is 0 Å². The second-order valence-electron chi connectivity index (χ2n) is 6.87. The molecule has 6 heteroatoms. The number of carbonyl (C=O) groups is 1. The van der Waals surface area contributed by atoms with Crippen LogP contribution < -0.4 is 5.32 Å². The number of aromatic nitrogens is 3. The number of hydrogen-bond donors (Lipinski definition) is 2. The van der Waals surface area contributed by atoms with Crippen LogP contribution in [-0.2, 0) is 11.2 Å². The minimum absolute atomic E-state index is 0.00996. The fourth-order valence-corrected chi connectivity index (χ4v) is 3.18. The molecule has 0 bridgehead atoms. The molecule has 26 heavy (non-hydrogen) atoms. The van der Waals surface area contributed by atoms with Crippen LogP contribution in [0.1, 0.15) is 55.6 Å². The molecular formula is C20H26N4O2. The van der Waals surface area contributed by atoms with Crippen LogP contribution >= 0.6 is 0 Å². The van der Waals surface area contributed by atoms with Gasteiger partial charge in [-0.1, -0.05) is 37.6 Å². The van der Waals surface area contributed by atoms with Crippen molar-refractivity contribution in [1.82, 2.24) is 20.4 Å². The maximum atomic E-state index is 12.6. The summed E-state index contributed by atoms with van der Waals surface area (Å²) in [6, 6.07) is 7.78. The Morgan fingerprint density at radius 1 is 1.31 bits per heavy atom. The summed E-state index contributed by atoms with van der Waals surface area (Å²) in [5.41, 5.74) is 3.77. The summed E-state index contributed by atoms with van der Waals surface area (Å²) in [6.45, 7) is 8.03. The summed E-state index contributed by atoms with van der Waals surface area (Å²) in [6.07, 6.45) is 1.97. The lowest BCUT2D eigenvalue weighted by molar-refractivity contribution is -0.122. The van der Waals surface area contributed by atoms with Gasteiger partial charge in [0.05, 0.1) is 22.8 Å². The highest BCUT2D eigenvalue weighted by Crippen LogP contribution is 2.25. The molecule has 0 saturated heterocycles. The summed E-state index contributed by atoms with van der Waals surface area (Å²) in [7, 11) is 0. The van der Waals surface area contributed by atoms with Crippen LogP contribution in [0.3, 0.4) is 0 Å². The molecule has 0 unspecified atom stereocenters. The molecule has 1 amide bonds. The van der Waals surface area contributed by atoms with Gasteiger partial charge in [0.15, 0.2) is 0 Å². The maximum Gasteiger partial charge on any atom is 0.220 e. The van der Waals surface area contributed by atoms with Crippen LogP contribution in [0.2, 0.25) is 0 Å². The average molecular weight is 354 g/mol. The molecule has 2 atom stereocenters. The van der Waals surface area contributed by atoms with Gasteiger partial charge in [0.2, 0.25) is 5.91 Å². The zero-order valence-electron chi connectivity index (χ0n) is 15.8. The SMILES string of the molecule is CC[C@H](C)[C@@H](NC(=O)CCc1c(C)noc1C)c1nc2ccccc2[nH]1. The van der Waals surface area contributed by atoms with Crippen molar-refractivity contribution in [3.63, 3.8) is 0 Å². The lowest BCUT2D eigenvalue weighted by Crippen LogP contribution is -2.33. The molecule has 0 fully saturated rings. The van der Waals surface area contributed by atoms with Gasteiger partial charge >= 0.3 is 0 Å². The fraction of sp³-hybridized carbons (Fsp3) is 0.450. The molecule has 0 aliphatic carbocycles. The van der Waals surface area contributed by atoms with Crippen molar-refractivity contribution >= 4 is 16.9 Å². The predicted molar refractivity (Wildman–Crippen MR) is 101 cm³/mol. The molecule has 0 aliphatic heterocycles. The Hall–Kier alpha value is -2.63. The smallest absolute Gasteiger partial charge is 0.220 e. The van der Waals surface area contributed by atoms with E-state index in [0.717, 1.165) is 40.3 Å². The number of nitrogens with zero attached hydrogens (tertiary/aromatic N) is 2. The largest absolute Gasteiger partial charge is 0.361 e. The number of nitrogens with one attached hydrogen (secondary N) is 2. The molecule has 0 saturated carbocycles. The van der Waals surface area contributed by atoms with E-state index in [2.05, 4.69) is 34.3 Å². The number of fused-ring (bicyclic) bond motifs is 1. The summed E-state index contributed by atoms with van der Waals surface area (Å²) < 4.78 is 5.17. The number of hydrogen-bond acceptors (Lipinski definition) is 4. The molecule has 0 aliphatic rings. The van der Waals surface area contributed by atoms with Crippen LogP contribution in [0, 0.1) is 19.8 Å². The number of para-hydroxylation sites is 2. The van der Waals surface area contributed by atoms with Gasteiger partial charge in [0.25, 0.3) is 0 Å². The van der Waals surface area contributed by atoms with Crippen molar-refractivity contribution in [1.29, 1.82) is 0 Å². The van der Waals surface area contributed by atoms with Crippen LogP contribution in [0.15, 0.2) is 28.8 Å². The summed E-state index contributed by atoms with van der Waals surface area (Å²) in [5, 5.41) is 7.11. The van der Waals surface area contributed by atoms with Crippen molar-refractivity contribution in [2.45, 2.75) is 53.0 Å². The zero-order chi connectivity index (χ0) is 18.7. The van der Waals surface area contributed by atoms with Gasteiger partial charge in [0, 0.05) is 12.0 Å². The van der Waals surface area contributed by atoms with E-state index in [0.29, 0.717) is 12.8 Å². The number of imidazole rings is 1. The molecule has 1 aromatic carbocycles. The number of benzene rings is 1. The van der Waals surface area contributed by atoms with Gasteiger partial charge in [-0.25, -0.2) is 4.98 Å². The highest BCUT2D eigenvalue weighted by Gasteiger charge is 2.23. The summed E-state index contributed by atoms with van der Waals surface area (Å²) in [4.78, 5) is 20.6. The standard InChI is InChI=1S/C20H26N4O2/c1-5-12(2)19(20-21-16-8-6-7-9-17(16)22-20)23-18(25)11-10-15-13(3)24-26-14(15)4/h6-9,12,19H,5,10-11H2,1-4H3,(H,21,22)(H,23,25)/t12-,19+/m0/s1. The van der Waals surface area contributed by atoms with E-state index in [-0.39, 0.29) is 17.9 Å². The Bertz CT molecular complexity index is 844. The molecule has 2 heterocycles. The van der Waals surface area contributed by atoms with Crippen molar-refractivity contribution in [3.05, 3.63) is 47.1 Å². The Labute approximate surface area is 153 Å². The number of carbonyl (C=O) groups excluding carboxylic acids is 1. The first kappa shape index (κ1) is 18.2. The number of H-pyrrole nitrogens is 1. The molecule has 2 N–H and O–H groups in total. The summed E-state index contributed by atoms with van der Waals surface area (Å²) >= 11 is 0. The van der Waals surface area contributed by atoms with E-state index < -0.39 is 0 Å². The first-order valence-corrected chi connectivity index (χ1v) is 9.15. The third-order valence-electron chi connectivity index (χ3n) is 5.02. The first-order valence-electron chi connectivity index (χ1n) is 9.15. The Morgan fingerprint density at radius 3 is 2.73 bits per heavy atom. The molecule has 138 valence electrons. The van der Waals surface area contributed by atoms with E-state index in [9.17, 15) is 4.79 Å². The number of rotatable bonds is 7. The fourth-order valence-electron chi connectivity index (χ4n) is 3.18. The second kappa shape index (κ2) is 7.72. The van der Waals surface area contributed by atoms with E-state index in [4.69, 9.17) is 4.52 Å². The van der Waals surface area contributed by atoms with Gasteiger partial charge in [-0.3, -0.25) is 4.79 Å². The van der Waals surface area contributed by atoms with Crippen LogP contribution in [0.4, 0.5) is 0 Å². The zero-order valence-corrected chi connectivity index (χ0v) is 15.8. The lowest BCUT2D eigenvalue weighted by atomic mass is 9.98. The van der Waals surface area contributed by atoms with Gasteiger partial charge < -0.3 is 14.8 Å². The molecular weight excluding hydrogens is 328 g/mol. The lowest BCUT2D eigenvalue weighted by Gasteiger charge is -2.22. The minimum Gasteiger partial charge on any atom is -0.361 e. The Balaban J connectivity index is 1.73. The van der Waals surface area contributed by atoms with Crippen LogP contribution in [-0.4, -0.2) is 21.0 Å². The average Bonchev–Trinajstić information content (AvgIpc) is 3.20. The summed E-state index contributed by atoms with van der Waals surface area (Å²) in [5.74, 6) is 1.88. The molecule has 2 aromatic heterocycles. The number of aryl methyl sites for hydroxylation is 2. The van der Waals surface area contributed by atoms with Gasteiger partial charge in [-0.05, 0) is 38.3 Å². The quantitative estimate of drug-likeness (QED) is 0.671. The molecule has 3 rings (SSSR count). The van der Waals surface area contributed by atoms with Crippen molar-refractivity contribution in [2.24, 2.45) is 5.92 Å². The number of amides is 1. The minimum atomic E-state index is -0.135. The van der Waals surface area contributed by atoms with Crippen molar-refractivity contribution in [2.75, 3.05) is 0 Å². The first-order chi connectivity index (χ1) is 12.5. The highest BCUT2D eigenvalue weighted by molar-refractivity contribution is 5.77. The van der Waals surface area contributed by atoms with Gasteiger partial charge in [-0.15, -0.1) is 0 Å². The van der Waals surface area contributed by atoms with E-state index in [1.807, 2.05) is 38.1 Å². The Morgan fingerprint density at radius 2 is 2.08 bits per heavy atom. The van der Waals surface area contributed by atoms with E-state index in [1.165, 1.54) is 0 Å². The van der Waals surface area contributed by atoms with Gasteiger partial charge in [0.1, 0.15) is 11.6 Å². The third kappa shape index (κ3) is 3.79. The van der Waals surface area contributed by atoms with Crippen LogP contribution in [0.5, 0.6) is 0 Å². The maximum absolute atomic E-state index is 12.6. The van der Waals surface area contributed by atoms with Crippen molar-refractivity contribution in [3.8, 4) is 0 Å². The van der Waals surface area contributed by atoms with Crippen molar-refractivity contribution < 1.29 is 9.32 Å². The Kier molecular flexibility index (Phi) is 5.40. The third-order valence-corrected chi connectivity index (χ3v) is 5.02. The topological polar surface area (TPSA) is 83.8 Å². The molecule has 0 radical (unpaired) electrons. The normalized spacial score (nSPS) is 13.7. The van der Waals surface area contributed by atoms with E-state index in [1.54, 1.807) is 0 Å². The number of aromatic amines is 1. The second-order valence-corrected chi connectivity index (χ2v) is 6.87. The highest BCUT2D eigenvalue weighted by atomic mass is 16.5. The van der Waals surface area contributed by atoms with Crippen LogP contribution in [0.25, 0.3) is 11.0 Å².